The quantitative estimate of drug-likeness (QED) is 0.885. The molecule has 2 unspecified atom stereocenters. The van der Waals surface area contributed by atoms with Crippen LogP contribution in [0.25, 0.3) is 0 Å². The molecule has 2 amide bonds. The third-order valence-electron chi connectivity index (χ3n) is 4.33. The smallest absolute Gasteiger partial charge is 0.321 e. The standard InChI is InChI=1S/C19H21FN2O3/c1-13(23)14-9-10-22(12-14)19(24)21-16-5-7-17(8-6-16)25-18-4-2-3-15(20)11-18/h2-8,11,13-14,23H,9-10,12H2,1H3,(H,21,24). The van der Waals surface area contributed by atoms with Crippen molar-refractivity contribution in [1.29, 1.82) is 0 Å². The molecular formula is C19H21FN2O3. The number of amides is 2. The van der Waals surface area contributed by atoms with Crippen LogP contribution in [0.15, 0.2) is 48.5 Å². The maximum atomic E-state index is 13.2. The van der Waals surface area contributed by atoms with Gasteiger partial charge in [0.1, 0.15) is 17.3 Å². The van der Waals surface area contributed by atoms with E-state index >= 15 is 0 Å². The number of carbonyl (C=O) groups is 1. The van der Waals surface area contributed by atoms with E-state index in [2.05, 4.69) is 5.32 Å². The summed E-state index contributed by atoms with van der Waals surface area (Å²) >= 11 is 0. The van der Waals surface area contributed by atoms with Crippen LogP contribution in [0.1, 0.15) is 13.3 Å². The van der Waals surface area contributed by atoms with Crippen molar-refractivity contribution in [3.05, 3.63) is 54.3 Å². The van der Waals surface area contributed by atoms with E-state index in [0.29, 0.717) is 30.3 Å². The summed E-state index contributed by atoms with van der Waals surface area (Å²) in [5.41, 5.74) is 0.650. The molecule has 1 aliphatic rings. The molecule has 132 valence electrons. The normalized spacial score (nSPS) is 18.0. The fourth-order valence-corrected chi connectivity index (χ4v) is 2.84. The molecule has 3 rings (SSSR count). The van der Waals surface area contributed by atoms with Crippen molar-refractivity contribution in [2.24, 2.45) is 5.92 Å². The van der Waals surface area contributed by atoms with Crippen LogP contribution < -0.4 is 10.1 Å². The Bertz CT molecular complexity index is 734. The Kier molecular flexibility index (Phi) is 5.19. The number of nitrogens with one attached hydrogen (secondary N) is 1. The van der Waals surface area contributed by atoms with E-state index in [1.54, 1.807) is 48.2 Å². The van der Waals surface area contributed by atoms with Gasteiger partial charge in [-0.3, -0.25) is 0 Å². The summed E-state index contributed by atoms with van der Waals surface area (Å²) in [5, 5.41) is 12.4. The second kappa shape index (κ2) is 7.53. The van der Waals surface area contributed by atoms with Crippen molar-refractivity contribution >= 4 is 11.7 Å². The fourth-order valence-electron chi connectivity index (χ4n) is 2.84. The van der Waals surface area contributed by atoms with Crippen LogP contribution in [0.4, 0.5) is 14.9 Å². The molecule has 0 saturated carbocycles. The Morgan fingerprint density at radius 2 is 2.04 bits per heavy atom. The Balaban J connectivity index is 1.56. The molecule has 1 saturated heterocycles. The Morgan fingerprint density at radius 1 is 1.28 bits per heavy atom. The predicted molar refractivity (Wildman–Crippen MR) is 93.3 cm³/mol. The summed E-state index contributed by atoms with van der Waals surface area (Å²) in [6, 6.07) is 12.6. The van der Waals surface area contributed by atoms with Gasteiger partial charge in [-0.2, -0.15) is 0 Å². The molecule has 5 nitrogen and oxygen atoms in total. The second-order valence-electron chi connectivity index (χ2n) is 6.25. The van der Waals surface area contributed by atoms with E-state index in [1.165, 1.54) is 12.1 Å². The first kappa shape index (κ1) is 17.2. The van der Waals surface area contributed by atoms with Gasteiger partial charge in [0.25, 0.3) is 0 Å². The molecule has 0 radical (unpaired) electrons. The summed E-state index contributed by atoms with van der Waals surface area (Å²) in [5.74, 6) is 0.743. The lowest BCUT2D eigenvalue weighted by molar-refractivity contribution is 0.130. The van der Waals surface area contributed by atoms with Gasteiger partial charge in [0.05, 0.1) is 6.10 Å². The number of hydrogen-bond donors (Lipinski definition) is 2. The number of rotatable bonds is 4. The minimum atomic E-state index is -0.406. The number of anilines is 1. The van der Waals surface area contributed by atoms with Gasteiger partial charge in [0.15, 0.2) is 0 Å². The van der Waals surface area contributed by atoms with Gasteiger partial charge in [0.2, 0.25) is 0 Å². The number of aliphatic hydroxyl groups excluding tert-OH is 1. The maximum absolute atomic E-state index is 13.2. The number of likely N-dealkylation sites (tertiary alicyclic amines) is 1. The van der Waals surface area contributed by atoms with Gasteiger partial charge in [-0.25, -0.2) is 9.18 Å². The van der Waals surface area contributed by atoms with Crippen LogP contribution in [-0.4, -0.2) is 35.2 Å². The van der Waals surface area contributed by atoms with Crippen LogP contribution in [0.3, 0.4) is 0 Å². The number of aliphatic hydroxyl groups is 1. The van der Waals surface area contributed by atoms with E-state index in [9.17, 15) is 14.3 Å². The van der Waals surface area contributed by atoms with Crippen molar-refractivity contribution < 1.29 is 19.0 Å². The van der Waals surface area contributed by atoms with E-state index in [0.717, 1.165) is 6.42 Å². The Labute approximate surface area is 146 Å². The third-order valence-corrected chi connectivity index (χ3v) is 4.33. The molecule has 2 N–H and O–H groups in total. The Morgan fingerprint density at radius 3 is 2.68 bits per heavy atom. The number of benzene rings is 2. The zero-order chi connectivity index (χ0) is 17.8. The summed E-state index contributed by atoms with van der Waals surface area (Å²) in [7, 11) is 0. The number of carbonyl (C=O) groups excluding carboxylic acids is 1. The Hall–Kier alpha value is -2.60. The predicted octanol–water partition coefficient (Wildman–Crippen LogP) is 3.85. The fraction of sp³-hybridized carbons (Fsp3) is 0.316. The van der Waals surface area contributed by atoms with Crippen molar-refractivity contribution in [1.82, 2.24) is 4.90 Å². The minimum Gasteiger partial charge on any atom is -0.457 e. The van der Waals surface area contributed by atoms with Gasteiger partial charge in [-0.1, -0.05) is 6.07 Å². The largest absolute Gasteiger partial charge is 0.457 e. The van der Waals surface area contributed by atoms with Crippen molar-refractivity contribution in [3.63, 3.8) is 0 Å². The molecule has 1 aliphatic heterocycles. The zero-order valence-electron chi connectivity index (χ0n) is 14.0. The molecule has 6 heteroatoms. The van der Waals surface area contributed by atoms with E-state index in [-0.39, 0.29) is 17.8 Å². The zero-order valence-corrected chi connectivity index (χ0v) is 14.0. The summed E-state index contributed by atoms with van der Waals surface area (Å²) in [6.45, 7) is 2.95. The van der Waals surface area contributed by atoms with Crippen LogP contribution in [0, 0.1) is 11.7 Å². The maximum Gasteiger partial charge on any atom is 0.321 e. The summed E-state index contributed by atoms with van der Waals surface area (Å²) in [6.07, 6.45) is 0.406. The lowest BCUT2D eigenvalue weighted by Crippen LogP contribution is -2.34. The molecule has 2 aromatic rings. The molecular weight excluding hydrogens is 323 g/mol. The molecule has 25 heavy (non-hydrogen) atoms. The monoisotopic (exact) mass is 344 g/mol. The number of hydrogen-bond acceptors (Lipinski definition) is 3. The van der Waals surface area contributed by atoms with E-state index in [4.69, 9.17) is 4.74 Å². The lowest BCUT2D eigenvalue weighted by atomic mass is 10.0. The number of ether oxygens (including phenoxy) is 1. The van der Waals surface area contributed by atoms with Crippen molar-refractivity contribution in [2.45, 2.75) is 19.4 Å². The summed E-state index contributed by atoms with van der Waals surface area (Å²) in [4.78, 5) is 14.0. The van der Waals surface area contributed by atoms with Crippen molar-refractivity contribution in [3.8, 4) is 11.5 Å². The first-order chi connectivity index (χ1) is 12.0. The van der Waals surface area contributed by atoms with E-state index < -0.39 is 6.10 Å². The summed E-state index contributed by atoms with van der Waals surface area (Å²) < 4.78 is 18.7. The molecule has 0 spiro atoms. The molecule has 2 aromatic carbocycles. The van der Waals surface area contributed by atoms with Crippen LogP contribution in [-0.2, 0) is 0 Å². The molecule has 2 atom stereocenters. The number of urea groups is 1. The molecule has 1 heterocycles. The first-order valence-electron chi connectivity index (χ1n) is 8.29. The van der Waals surface area contributed by atoms with Gasteiger partial charge < -0.3 is 20.1 Å². The van der Waals surface area contributed by atoms with Gasteiger partial charge in [0, 0.05) is 30.8 Å². The SMILES string of the molecule is CC(O)C1CCN(C(=O)Nc2ccc(Oc3cccc(F)c3)cc2)C1. The minimum absolute atomic E-state index is 0.132. The average Bonchev–Trinajstić information content (AvgIpc) is 3.07. The highest BCUT2D eigenvalue weighted by atomic mass is 19.1. The van der Waals surface area contributed by atoms with Crippen LogP contribution in [0.2, 0.25) is 0 Å². The second-order valence-corrected chi connectivity index (χ2v) is 6.25. The lowest BCUT2D eigenvalue weighted by Gasteiger charge is -2.18. The third kappa shape index (κ3) is 4.48. The van der Waals surface area contributed by atoms with E-state index in [1.807, 2.05) is 0 Å². The highest BCUT2D eigenvalue weighted by Crippen LogP contribution is 2.24. The van der Waals surface area contributed by atoms with Gasteiger partial charge in [-0.05, 0) is 49.7 Å². The molecule has 0 aliphatic carbocycles. The van der Waals surface area contributed by atoms with Crippen LogP contribution in [0.5, 0.6) is 11.5 Å². The van der Waals surface area contributed by atoms with Gasteiger partial charge >= 0.3 is 6.03 Å². The molecule has 0 bridgehead atoms. The number of halogens is 1. The molecule has 1 fully saturated rings. The first-order valence-corrected chi connectivity index (χ1v) is 8.29. The topological polar surface area (TPSA) is 61.8 Å². The van der Waals surface area contributed by atoms with Crippen molar-refractivity contribution in [2.75, 3.05) is 18.4 Å². The van der Waals surface area contributed by atoms with Gasteiger partial charge in [-0.15, -0.1) is 0 Å². The molecule has 0 aromatic heterocycles. The van der Waals surface area contributed by atoms with Crippen LogP contribution >= 0.6 is 0 Å². The highest BCUT2D eigenvalue weighted by molar-refractivity contribution is 5.89. The number of nitrogens with zero attached hydrogens (tertiary/aromatic N) is 1. The highest BCUT2D eigenvalue weighted by Gasteiger charge is 2.28. The average molecular weight is 344 g/mol.